The molecule has 1 atom stereocenters. The molecule has 1 aliphatic heterocycles. The van der Waals surface area contributed by atoms with Gasteiger partial charge in [0.15, 0.2) is 11.5 Å². The second-order valence-corrected chi connectivity index (χ2v) is 9.24. The molecular weight excluding hydrogens is 495 g/mol. The average molecular weight is 524 g/mol. The molecule has 7 nitrogen and oxygen atoms in total. The summed E-state index contributed by atoms with van der Waals surface area (Å²) < 4.78 is 47.2. The molecular formula is C25H28F3N3O4S. The van der Waals surface area contributed by atoms with Crippen molar-refractivity contribution in [3.63, 3.8) is 0 Å². The van der Waals surface area contributed by atoms with Crippen LogP contribution in [0.5, 0.6) is 11.5 Å². The molecule has 0 saturated carbocycles. The Balaban J connectivity index is 1.80. The maximum absolute atomic E-state index is 12.7. The van der Waals surface area contributed by atoms with E-state index in [0.29, 0.717) is 29.8 Å². The number of thioether (sulfide) groups is 1. The summed E-state index contributed by atoms with van der Waals surface area (Å²) in [6.07, 6.45) is -2.04. The van der Waals surface area contributed by atoms with Gasteiger partial charge >= 0.3 is 11.6 Å². The minimum Gasteiger partial charge on any atom is -0.493 e. The summed E-state index contributed by atoms with van der Waals surface area (Å²) in [5.74, 6) is -0.595. The Morgan fingerprint density at radius 3 is 2.47 bits per heavy atom. The third-order valence-electron chi connectivity index (χ3n) is 5.37. The molecule has 0 radical (unpaired) electrons. The minimum absolute atomic E-state index is 0.0471. The van der Waals surface area contributed by atoms with Crippen LogP contribution in [0.1, 0.15) is 50.7 Å². The molecule has 3 rings (SSSR count). The van der Waals surface area contributed by atoms with Gasteiger partial charge in [-0.2, -0.15) is 5.10 Å². The minimum atomic E-state index is -4.85. The van der Waals surface area contributed by atoms with Crippen LogP contribution < -0.4 is 14.8 Å². The van der Waals surface area contributed by atoms with E-state index < -0.39 is 12.1 Å². The highest BCUT2D eigenvalue weighted by molar-refractivity contribution is 8.14. The molecule has 0 bridgehead atoms. The molecule has 0 aromatic heterocycles. The number of hydrogen-bond donors (Lipinski definition) is 1. The first-order valence-electron chi connectivity index (χ1n) is 11.5. The van der Waals surface area contributed by atoms with Gasteiger partial charge in [-0.1, -0.05) is 44.2 Å². The third-order valence-corrected chi connectivity index (χ3v) is 6.62. The summed E-state index contributed by atoms with van der Waals surface area (Å²) in [4.78, 5) is 24.7. The summed E-state index contributed by atoms with van der Waals surface area (Å²) in [5.41, 5.74) is 2.56. The molecule has 2 amide bonds. The number of carbonyl (C=O) groups excluding carboxylic acids is 2. The van der Waals surface area contributed by atoms with Gasteiger partial charge in [0.1, 0.15) is 0 Å². The number of amides is 2. The van der Waals surface area contributed by atoms with E-state index >= 15 is 0 Å². The number of nitrogens with one attached hydrogen (secondary N) is 1. The molecule has 2 aromatic rings. The normalized spacial score (nSPS) is 15.9. The SMILES string of the molecule is CCCCC(=O)Nc1ccc(CN2N=C(c3ccc(OC(F)(F)F)c(OC)c3)C(CC)SC2=O)cc1. The Labute approximate surface area is 212 Å². The standard InChI is InChI=1S/C25H28F3N3O4S/c1-4-6-7-22(32)29-18-11-8-16(9-12-18)15-31-24(33)36-21(5-2)23(30-31)17-10-13-19(20(14-17)34-3)35-25(26,27)28/h8-14,21H,4-7,15H2,1-3H3,(H,29,32). The molecule has 2 aromatic carbocycles. The number of halogens is 3. The number of benzene rings is 2. The van der Waals surface area contributed by atoms with E-state index in [-0.39, 0.29) is 28.7 Å². The molecule has 1 N–H and O–H groups in total. The summed E-state index contributed by atoms with van der Waals surface area (Å²) >= 11 is 1.11. The average Bonchev–Trinajstić information content (AvgIpc) is 2.84. The van der Waals surface area contributed by atoms with E-state index in [1.54, 1.807) is 24.3 Å². The van der Waals surface area contributed by atoms with Crippen molar-refractivity contribution in [3.8, 4) is 11.5 Å². The van der Waals surface area contributed by atoms with Crippen LogP contribution in [0.15, 0.2) is 47.6 Å². The number of hydrazone groups is 1. The Morgan fingerprint density at radius 2 is 1.86 bits per heavy atom. The highest BCUT2D eigenvalue weighted by Gasteiger charge is 2.34. The number of alkyl halides is 3. The summed E-state index contributed by atoms with van der Waals surface area (Å²) in [5, 5.41) is 8.23. The van der Waals surface area contributed by atoms with Crippen LogP contribution in [0.4, 0.5) is 23.7 Å². The number of unbranched alkanes of at least 4 members (excludes halogenated alkanes) is 1. The van der Waals surface area contributed by atoms with Crippen LogP contribution in [0.3, 0.4) is 0 Å². The summed E-state index contributed by atoms with van der Waals surface area (Å²) in [6.45, 7) is 4.12. The zero-order valence-corrected chi connectivity index (χ0v) is 21.0. The monoisotopic (exact) mass is 523 g/mol. The lowest BCUT2D eigenvalue weighted by molar-refractivity contribution is -0.275. The van der Waals surface area contributed by atoms with Crippen LogP contribution in [0, 0.1) is 0 Å². The van der Waals surface area contributed by atoms with E-state index in [4.69, 9.17) is 4.74 Å². The molecule has 0 fully saturated rings. The van der Waals surface area contributed by atoms with E-state index in [1.807, 2.05) is 13.8 Å². The quantitative estimate of drug-likeness (QED) is 0.381. The fourth-order valence-corrected chi connectivity index (χ4v) is 4.49. The van der Waals surface area contributed by atoms with Gasteiger partial charge < -0.3 is 14.8 Å². The van der Waals surface area contributed by atoms with Crippen LogP contribution in [-0.2, 0) is 11.3 Å². The number of rotatable bonds is 10. The topological polar surface area (TPSA) is 80.2 Å². The molecule has 11 heteroatoms. The van der Waals surface area contributed by atoms with Crippen LogP contribution >= 0.6 is 11.8 Å². The second kappa shape index (κ2) is 12.2. The predicted octanol–water partition coefficient (Wildman–Crippen LogP) is 6.57. The molecule has 0 spiro atoms. The van der Waals surface area contributed by atoms with Crippen LogP contribution in [-0.4, -0.2) is 40.6 Å². The first kappa shape index (κ1) is 27.4. The van der Waals surface area contributed by atoms with Crippen molar-refractivity contribution in [2.45, 2.75) is 57.7 Å². The van der Waals surface area contributed by atoms with Crippen LogP contribution in [0.2, 0.25) is 0 Å². The lowest BCUT2D eigenvalue weighted by atomic mass is 10.0. The Kier molecular flexibility index (Phi) is 9.25. The second-order valence-electron chi connectivity index (χ2n) is 8.09. The Morgan fingerprint density at radius 1 is 1.14 bits per heavy atom. The maximum Gasteiger partial charge on any atom is 0.573 e. The first-order chi connectivity index (χ1) is 17.1. The van der Waals surface area contributed by atoms with Gasteiger partial charge in [0.05, 0.1) is 24.6 Å². The first-order valence-corrected chi connectivity index (χ1v) is 12.4. The van der Waals surface area contributed by atoms with Crippen molar-refractivity contribution in [3.05, 3.63) is 53.6 Å². The van der Waals surface area contributed by atoms with Gasteiger partial charge in [0.25, 0.3) is 0 Å². The molecule has 36 heavy (non-hydrogen) atoms. The highest BCUT2D eigenvalue weighted by Crippen LogP contribution is 2.36. The summed E-state index contributed by atoms with van der Waals surface area (Å²) in [6, 6.07) is 11.2. The number of ether oxygens (including phenoxy) is 2. The number of anilines is 1. The number of carbonyl (C=O) groups is 2. The van der Waals surface area contributed by atoms with Gasteiger partial charge in [0.2, 0.25) is 5.91 Å². The largest absolute Gasteiger partial charge is 0.573 e. The smallest absolute Gasteiger partial charge is 0.493 e. The maximum atomic E-state index is 12.7. The van der Waals surface area contributed by atoms with Crippen molar-refractivity contribution in [2.24, 2.45) is 5.10 Å². The van der Waals surface area contributed by atoms with Gasteiger partial charge in [-0.25, -0.2) is 5.01 Å². The van der Waals surface area contributed by atoms with E-state index in [1.165, 1.54) is 30.3 Å². The van der Waals surface area contributed by atoms with Crippen molar-refractivity contribution in [1.29, 1.82) is 0 Å². The predicted molar refractivity (Wildman–Crippen MR) is 133 cm³/mol. The van der Waals surface area contributed by atoms with E-state index in [0.717, 1.165) is 30.2 Å². The lowest BCUT2D eigenvalue weighted by Gasteiger charge is -2.28. The zero-order valence-electron chi connectivity index (χ0n) is 20.2. The molecule has 1 heterocycles. The molecule has 0 aliphatic carbocycles. The van der Waals surface area contributed by atoms with Gasteiger partial charge in [0, 0.05) is 17.7 Å². The Bertz CT molecular complexity index is 1110. The number of hydrogen-bond acceptors (Lipinski definition) is 6. The zero-order chi connectivity index (χ0) is 26.3. The van der Waals surface area contributed by atoms with Crippen molar-refractivity contribution >= 4 is 34.3 Å². The number of nitrogens with zero attached hydrogens (tertiary/aromatic N) is 2. The highest BCUT2D eigenvalue weighted by atomic mass is 32.2. The van der Waals surface area contributed by atoms with E-state index in [2.05, 4.69) is 15.2 Å². The van der Waals surface area contributed by atoms with Gasteiger partial charge in [-0.15, -0.1) is 13.2 Å². The third kappa shape index (κ3) is 7.39. The molecule has 194 valence electrons. The van der Waals surface area contributed by atoms with Crippen molar-refractivity contribution in [2.75, 3.05) is 12.4 Å². The van der Waals surface area contributed by atoms with Crippen molar-refractivity contribution < 1.29 is 32.2 Å². The summed E-state index contributed by atoms with van der Waals surface area (Å²) in [7, 11) is 1.25. The molecule has 1 aliphatic rings. The molecule has 0 saturated heterocycles. The van der Waals surface area contributed by atoms with Gasteiger partial charge in [-0.05, 0) is 48.7 Å². The molecule has 1 unspecified atom stereocenters. The van der Waals surface area contributed by atoms with Crippen molar-refractivity contribution in [1.82, 2.24) is 5.01 Å². The fraction of sp³-hybridized carbons (Fsp3) is 0.400. The lowest BCUT2D eigenvalue weighted by Crippen LogP contribution is -2.34. The number of methoxy groups -OCH3 is 1. The fourth-order valence-electron chi connectivity index (χ4n) is 3.56. The van der Waals surface area contributed by atoms with Crippen LogP contribution in [0.25, 0.3) is 0 Å². The van der Waals surface area contributed by atoms with E-state index in [9.17, 15) is 22.8 Å². The van der Waals surface area contributed by atoms with Gasteiger partial charge in [-0.3, -0.25) is 9.59 Å². The Hall–Kier alpha value is -3.21.